The van der Waals surface area contributed by atoms with Gasteiger partial charge in [0.1, 0.15) is 5.75 Å². The van der Waals surface area contributed by atoms with Crippen LogP contribution in [-0.4, -0.2) is 42.3 Å². The van der Waals surface area contributed by atoms with Gasteiger partial charge in [0.05, 0.1) is 12.2 Å². The molecule has 2 heterocycles. The molecular formula is C26H36N2O2. The highest BCUT2D eigenvalue weighted by molar-refractivity contribution is 5.47. The molecule has 2 aromatic rings. The van der Waals surface area contributed by atoms with Crippen molar-refractivity contribution >= 4 is 0 Å². The van der Waals surface area contributed by atoms with Crippen molar-refractivity contribution in [1.29, 1.82) is 0 Å². The quantitative estimate of drug-likeness (QED) is 0.658. The summed E-state index contributed by atoms with van der Waals surface area (Å²) in [5.74, 6) is 1.03. The van der Waals surface area contributed by atoms with Gasteiger partial charge in [-0.3, -0.25) is 4.90 Å². The highest BCUT2D eigenvalue weighted by Gasteiger charge is 2.35. The van der Waals surface area contributed by atoms with Crippen LogP contribution in [0.2, 0.25) is 0 Å². The number of phenolic OH excluding ortho intramolecular Hbond substituents is 1. The summed E-state index contributed by atoms with van der Waals surface area (Å²) in [5.41, 5.74) is 4.63. The fourth-order valence-electron chi connectivity index (χ4n) is 4.99. The van der Waals surface area contributed by atoms with E-state index < -0.39 is 0 Å². The summed E-state index contributed by atoms with van der Waals surface area (Å²) in [6, 6.07) is 14.9. The summed E-state index contributed by atoms with van der Waals surface area (Å²) in [5, 5.41) is 14.3. The molecule has 2 atom stereocenters. The smallest absolute Gasteiger partial charge is 0.122 e. The van der Waals surface area contributed by atoms with Crippen molar-refractivity contribution in [3.63, 3.8) is 0 Å². The van der Waals surface area contributed by atoms with Crippen LogP contribution in [0.25, 0.3) is 0 Å². The average molecular weight is 409 g/mol. The highest BCUT2D eigenvalue weighted by Crippen LogP contribution is 2.40. The number of aryl methyl sites for hydroxylation is 1. The predicted octanol–water partition coefficient (Wildman–Crippen LogP) is 4.59. The van der Waals surface area contributed by atoms with Crippen LogP contribution >= 0.6 is 0 Å². The number of likely N-dealkylation sites (tertiary alicyclic amines) is 1. The maximum absolute atomic E-state index is 10.8. The monoisotopic (exact) mass is 408 g/mol. The zero-order chi connectivity index (χ0) is 20.9. The van der Waals surface area contributed by atoms with E-state index in [0.29, 0.717) is 11.7 Å². The molecule has 0 radical (unpaired) electrons. The van der Waals surface area contributed by atoms with Crippen LogP contribution in [-0.2, 0) is 17.7 Å². The van der Waals surface area contributed by atoms with Gasteiger partial charge in [0.2, 0.25) is 0 Å². The van der Waals surface area contributed by atoms with E-state index in [1.54, 1.807) is 0 Å². The van der Waals surface area contributed by atoms with E-state index in [1.165, 1.54) is 11.1 Å². The van der Waals surface area contributed by atoms with Gasteiger partial charge >= 0.3 is 0 Å². The number of benzene rings is 2. The molecule has 2 aliphatic rings. The summed E-state index contributed by atoms with van der Waals surface area (Å²) in [6.07, 6.45) is 4.48. The lowest BCUT2D eigenvalue weighted by molar-refractivity contribution is -0.0679. The van der Waals surface area contributed by atoms with Crippen molar-refractivity contribution in [2.24, 2.45) is 5.92 Å². The Morgan fingerprint density at radius 3 is 2.60 bits per heavy atom. The van der Waals surface area contributed by atoms with Crippen molar-refractivity contribution in [2.45, 2.75) is 58.3 Å². The van der Waals surface area contributed by atoms with Gasteiger partial charge in [-0.15, -0.1) is 0 Å². The molecule has 1 saturated heterocycles. The Kier molecular flexibility index (Phi) is 7.08. The van der Waals surface area contributed by atoms with Gasteiger partial charge in [0.25, 0.3) is 0 Å². The molecule has 0 bridgehead atoms. The molecule has 0 aromatic heterocycles. The van der Waals surface area contributed by atoms with Gasteiger partial charge < -0.3 is 15.2 Å². The molecule has 2 aliphatic heterocycles. The third-order valence-corrected chi connectivity index (χ3v) is 6.78. The third kappa shape index (κ3) is 4.88. The summed E-state index contributed by atoms with van der Waals surface area (Å²) in [4.78, 5) is 2.56. The Morgan fingerprint density at radius 2 is 1.87 bits per heavy atom. The third-order valence-electron chi connectivity index (χ3n) is 6.78. The highest BCUT2D eigenvalue weighted by atomic mass is 16.5. The van der Waals surface area contributed by atoms with E-state index in [0.717, 1.165) is 69.5 Å². The SMILES string of the molecule is CCCNC[C@@H]1O[C@H](C2CCN(Cc3ccccc3)CC2)Cc2c1ccc(C)c2O. The van der Waals surface area contributed by atoms with Crippen molar-refractivity contribution < 1.29 is 9.84 Å². The van der Waals surface area contributed by atoms with Crippen LogP contribution < -0.4 is 5.32 Å². The molecule has 0 amide bonds. The second-order valence-corrected chi connectivity index (χ2v) is 8.97. The number of nitrogens with zero attached hydrogens (tertiary/aromatic N) is 1. The number of phenols is 1. The lowest BCUT2D eigenvalue weighted by atomic mass is 9.83. The summed E-state index contributed by atoms with van der Waals surface area (Å²) < 4.78 is 6.66. The first-order valence-corrected chi connectivity index (χ1v) is 11.6. The normalized spacial score (nSPS) is 22.7. The molecule has 2 N–H and O–H groups in total. The fourth-order valence-corrected chi connectivity index (χ4v) is 4.99. The van der Waals surface area contributed by atoms with E-state index in [2.05, 4.69) is 53.5 Å². The number of rotatable bonds is 7. The summed E-state index contributed by atoms with van der Waals surface area (Å²) in [6.45, 7) is 9.25. The average Bonchev–Trinajstić information content (AvgIpc) is 2.78. The number of aromatic hydroxyl groups is 1. The molecular weight excluding hydrogens is 372 g/mol. The van der Waals surface area contributed by atoms with Crippen molar-refractivity contribution in [3.05, 3.63) is 64.7 Å². The molecule has 4 rings (SSSR count). The number of nitrogens with one attached hydrogen (secondary N) is 1. The Labute approximate surface area is 181 Å². The zero-order valence-electron chi connectivity index (χ0n) is 18.4. The van der Waals surface area contributed by atoms with Gasteiger partial charge in [-0.25, -0.2) is 0 Å². The van der Waals surface area contributed by atoms with E-state index >= 15 is 0 Å². The molecule has 0 saturated carbocycles. The van der Waals surface area contributed by atoms with Crippen LogP contribution in [0.3, 0.4) is 0 Å². The Hall–Kier alpha value is -1.88. The van der Waals surface area contributed by atoms with Gasteiger partial charge in [0.15, 0.2) is 0 Å². The summed E-state index contributed by atoms with van der Waals surface area (Å²) in [7, 11) is 0. The largest absolute Gasteiger partial charge is 0.507 e. The molecule has 2 aromatic carbocycles. The second-order valence-electron chi connectivity index (χ2n) is 8.97. The van der Waals surface area contributed by atoms with Gasteiger partial charge in [0, 0.05) is 25.1 Å². The Bertz CT molecular complexity index is 815. The first kappa shape index (κ1) is 21.4. The maximum atomic E-state index is 10.8. The molecule has 1 fully saturated rings. The lowest BCUT2D eigenvalue weighted by Crippen LogP contribution is -2.42. The minimum Gasteiger partial charge on any atom is -0.507 e. The molecule has 4 nitrogen and oxygen atoms in total. The Morgan fingerprint density at radius 1 is 1.10 bits per heavy atom. The molecule has 0 spiro atoms. The van der Waals surface area contributed by atoms with Crippen molar-refractivity contribution in [1.82, 2.24) is 10.2 Å². The van der Waals surface area contributed by atoms with E-state index in [9.17, 15) is 5.11 Å². The Balaban J connectivity index is 1.42. The van der Waals surface area contributed by atoms with E-state index in [-0.39, 0.29) is 12.2 Å². The maximum Gasteiger partial charge on any atom is 0.122 e. The van der Waals surface area contributed by atoms with Gasteiger partial charge in [-0.1, -0.05) is 49.4 Å². The van der Waals surface area contributed by atoms with Crippen molar-refractivity contribution in [2.75, 3.05) is 26.2 Å². The molecule has 4 heteroatoms. The molecule has 30 heavy (non-hydrogen) atoms. The first-order chi connectivity index (χ1) is 14.7. The zero-order valence-corrected chi connectivity index (χ0v) is 18.4. The lowest BCUT2D eigenvalue weighted by Gasteiger charge is -2.41. The number of fused-ring (bicyclic) bond motifs is 1. The molecule has 162 valence electrons. The van der Waals surface area contributed by atoms with Crippen LogP contribution in [0.5, 0.6) is 5.75 Å². The summed E-state index contributed by atoms with van der Waals surface area (Å²) >= 11 is 0. The fraction of sp³-hybridized carbons (Fsp3) is 0.538. The van der Waals surface area contributed by atoms with Crippen LogP contribution in [0.1, 0.15) is 54.5 Å². The van der Waals surface area contributed by atoms with Gasteiger partial charge in [-0.05, 0) is 68.4 Å². The van der Waals surface area contributed by atoms with Crippen LogP contribution in [0.4, 0.5) is 0 Å². The number of ether oxygens (including phenoxy) is 1. The van der Waals surface area contributed by atoms with Crippen LogP contribution in [0, 0.1) is 12.8 Å². The van der Waals surface area contributed by atoms with Gasteiger partial charge in [-0.2, -0.15) is 0 Å². The first-order valence-electron chi connectivity index (χ1n) is 11.6. The van der Waals surface area contributed by atoms with E-state index in [4.69, 9.17) is 4.74 Å². The molecule has 0 unspecified atom stereocenters. The topological polar surface area (TPSA) is 44.7 Å². The number of hydrogen-bond acceptors (Lipinski definition) is 4. The second kappa shape index (κ2) is 9.95. The standard InChI is InChI=1S/C26H36N2O2/c1-3-13-27-17-25-22-10-9-19(2)26(29)23(22)16-24(30-25)21-11-14-28(15-12-21)18-20-7-5-4-6-8-20/h4-10,21,24-25,27,29H,3,11-18H2,1-2H3/t24-,25-/m0/s1. The van der Waals surface area contributed by atoms with E-state index in [1.807, 2.05) is 13.0 Å². The van der Waals surface area contributed by atoms with Crippen molar-refractivity contribution in [3.8, 4) is 5.75 Å². The predicted molar refractivity (Wildman–Crippen MR) is 122 cm³/mol. The number of hydrogen-bond donors (Lipinski definition) is 2. The minimum atomic E-state index is 0.0270. The molecule has 0 aliphatic carbocycles. The minimum absolute atomic E-state index is 0.0270. The van der Waals surface area contributed by atoms with Crippen LogP contribution in [0.15, 0.2) is 42.5 Å². The number of piperidine rings is 1.